The van der Waals surface area contributed by atoms with Gasteiger partial charge in [-0.3, -0.25) is 4.79 Å². The Labute approximate surface area is 211 Å². The van der Waals surface area contributed by atoms with E-state index in [1.165, 1.54) is 6.21 Å². The van der Waals surface area contributed by atoms with E-state index in [1.54, 1.807) is 37.3 Å². The van der Waals surface area contributed by atoms with Gasteiger partial charge in [0.25, 0.3) is 5.91 Å². The first-order valence-corrected chi connectivity index (χ1v) is 11.8. The fraction of sp³-hybridized carbons (Fsp3) is 0.107. The predicted molar refractivity (Wildman–Crippen MR) is 140 cm³/mol. The van der Waals surface area contributed by atoms with Crippen molar-refractivity contribution in [3.8, 4) is 11.5 Å². The third-order valence-corrected chi connectivity index (χ3v) is 5.76. The van der Waals surface area contributed by atoms with Gasteiger partial charge < -0.3 is 9.47 Å². The monoisotopic (exact) mass is 530 g/mol. The molecule has 0 fully saturated rings. The summed E-state index contributed by atoms with van der Waals surface area (Å²) in [5.41, 5.74) is 4.49. The van der Waals surface area contributed by atoms with Crippen LogP contribution >= 0.6 is 15.9 Å². The number of benzene rings is 4. The van der Waals surface area contributed by atoms with Gasteiger partial charge in [0.05, 0.1) is 11.8 Å². The van der Waals surface area contributed by atoms with Gasteiger partial charge in [-0.2, -0.15) is 5.10 Å². The van der Waals surface area contributed by atoms with E-state index in [1.807, 2.05) is 61.5 Å². The molecule has 7 heteroatoms. The van der Waals surface area contributed by atoms with Gasteiger partial charge in [0.2, 0.25) is 0 Å². The number of nitrogens with one attached hydrogen (secondary N) is 1. The molecule has 0 saturated carbocycles. The molecule has 0 saturated heterocycles. The summed E-state index contributed by atoms with van der Waals surface area (Å²) in [5.74, 6) is 0.0364. The van der Waals surface area contributed by atoms with Crippen LogP contribution in [0.5, 0.6) is 11.5 Å². The standard InChI is InChI=1S/C28H23BrN2O4/c1-18-10-12-21(13-11-18)28(33)35-25-15-14-23(29)16-22(25)17-30-31-27(32)19(2)34-26-9-5-7-20-6-3-4-8-24(20)26/h3-17,19H,1-2H3,(H,31,32)/b30-17-/t19-/m0/s1. The second kappa shape index (κ2) is 11.0. The van der Waals surface area contributed by atoms with Crippen LogP contribution in [0.3, 0.4) is 0 Å². The summed E-state index contributed by atoms with van der Waals surface area (Å²) in [7, 11) is 0. The summed E-state index contributed by atoms with van der Waals surface area (Å²) in [6.07, 6.45) is 0.643. The third-order valence-electron chi connectivity index (χ3n) is 5.26. The molecule has 0 unspecified atom stereocenters. The number of ether oxygens (including phenoxy) is 2. The zero-order valence-corrected chi connectivity index (χ0v) is 20.8. The highest BCUT2D eigenvalue weighted by atomic mass is 79.9. The number of rotatable bonds is 7. The maximum Gasteiger partial charge on any atom is 0.343 e. The molecule has 0 radical (unpaired) electrons. The number of hydrazone groups is 1. The third kappa shape index (κ3) is 6.13. The van der Waals surface area contributed by atoms with Crippen molar-refractivity contribution in [1.29, 1.82) is 0 Å². The van der Waals surface area contributed by atoms with Crippen molar-refractivity contribution in [1.82, 2.24) is 5.43 Å². The molecule has 1 amide bonds. The van der Waals surface area contributed by atoms with Gasteiger partial charge in [0.1, 0.15) is 11.5 Å². The molecule has 1 atom stereocenters. The number of amides is 1. The number of nitrogens with zero attached hydrogens (tertiary/aromatic N) is 1. The maximum atomic E-state index is 12.6. The summed E-state index contributed by atoms with van der Waals surface area (Å²) in [5, 5.41) is 5.99. The molecule has 176 valence electrons. The largest absolute Gasteiger partial charge is 0.480 e. The van der Waals surface area contributed by atoms with Crippen molar-refractivity contribution in [2.45, 2.75) is 20.0 Å². The maximum absolute atomic E-state index is 12.6. The van der Waals surface area contributed by atoms with E-state index in [4.69, 9.17) is 9.47 Å². The van der Waals surface area contributed by atoms with E-state index in [9.17, 15) is 9.59 Å². The van der Waals surface area contributed by atoms with Crippen molar-refractivity contribution in [2.75, 3.05) is 0 Å². The average molecular weight is 531 g/mol. The van der Waals surface area contributed by atoms with Gasteiger partial charge in [-0.15, -0.1) is 0 Å². The fourth-order valence-corrected chi connectivity index (χ4v) is 3.74. The number of carbonyl (C=O) groups excluding carboxylic acids is 2. The second-order valence-corrected chi connectivity index (χ2v) is 8.82. The molecule has 35 heavy (non-hydrogen) atoms. The van der Waals surface area contributed by atoms with Gasteiger partial charge in [0.15, 0.2) is 6.10 Å². The van der Waals surface area contributed by atoms with Crippen molar-refractivity contribution < 1.29 is 19.1 Å². The highest BCUT2D eigenvalue weighted by molar-refractivity contribution is 9.10. The zero-order chi connectivity index (χ0) is 24.8. The quantitative estimate of drug-likeness (QED) is 0.136. The summed E-state index contributed by atoms with van der Waals surface area (Å²) in [4.78, 5) is 25.1. The highest BCUT2D eigenvalue weighted by Crippen LogP contribution is 2.26. The number of hydrogen-bond acceptors (Lipinski definition) is 5. The fourth-order valence-electron chi connectivity index (χ4n) is 3.36. The molecule has 1 N–H and O–H groups in total. The van der Waals surface area contributed by atoms with Crippen molar-refractivity contribution in [3.63, 3.8) is 0 Å². The minimum atomic E-state index is -0.778. The van der Waals surface area contributed by atoms with Crippen LogP contribution < -0.4 is 14.9 Å². The molecule has 4 aromatic rings. The summed E-state index contributed by atoms with van der Waals surface area (Å²) >= 11 is 3.41. The number of hydrogen-bond donors (Lipinski definition) is 1. The first-order valence-electron chi connectivity index (χ1n) is 11.0. The van der Waals surface area contributed by atoms with Crippen LogP contribution in [0.1, 0.15) is 28.4 Å². The summed E-state index contributed by atoms with van der Waals surface area (Å²) in [6.45, 7) is 3.60. The molecule has 4 rings (SSSR count). The Hall–Kier alpha value is -3.97. The van der Waals surface area contributed by atoms with Gasteiger partial charge in [0, 0.05) is 15.4 Å². The lowest BCUT2D eigenvalue weighted by Gasteiger charge is -2.14. The highest BCUT2D eigenvalue weighted by Gasteiger charge is 2.16. The molecule has 0 aromatic heterocycles. The number of esters is 1. The van der Waals surface area contributed by atoms with Gasteiger partial charge >= 0.3 is 5.97 Å². The summed E-state index contributed by atoms with van der Waals surface area (Å²) < 4.78 is 12.2. The van der Waals surface area contributed by atoms with E-state index in [0.29, 0.717) is 22.6 Å². The normalized spacial score (nSPS) is 11.9. The predicted octanol–water partition coefficient (Wildman–Crippen LogP) is 6.05. The molecule has 4 aromatic carbocycles. The van der Waals surface area contributed by atoms with Crippen LogP contribution in [0.25, 0.3) is 10.8 Å². The minimum absolute atomic E-state index is 0.317. The first-order chi connectivity index (χ1) is 16.9. The Bertz CT molecular complexity index is 1390. The number of aryl methyl sites for hydroxylation is 1. The lowest BCUT2D eigenvalue weighted by atomic mass is 10.1. The Morgan fingerprint density at radius 1 is 0.943 bits per heavy atom. The van der Waals surface area contributed by atoms with Crippen molar-refractivity contribution in [3.05, 3.63) is 106 Å². The molecule has 0 bridgehead atoms. The van der Waals surface area contributed by atoms with Gasteiger partial charge in [-0.05, 0) is 55.6 Å². The Morgan fingerprint density at radius 2 is 1.69 bits per heavy atom. The van der Waals surface area contributed by atoms with E-state index in [0.717, 1.165) is 20.8 Å². The number of fused-ring (bicyclic) bond motifs is 1. The van der Waals surface area contributed by atoms with E-state index >= 15 is 0 Å². The van der Waals surface area contributed by atoms with Crippen LogP contribution in [-0.2, 0) is 4.79 Å². The van der Waals surface area contributed by atoms with Crippen molar-refractivity contribution in [2.24, 2.45) is 5.10 Å². The van der Waals surface area contributed by atoms with Crippen LogP contribution in [0.15, 0.2) is 94.5 Å². The average Bonchev–Trinajstić information content (AvgIpc) is 2.86. The molecule has 0 aliphatic carbocycles. The zero-order valence-electron chi connectivity index (χ0n) is 19.2. The van der Waals surface area contributed by atoms with E-state index < -0.39 is 18.0 Å². The molecule has 6 nitrogen and oxygen atoms in total. The molecular formula is C28H23BrN2O4. The molecular weight excluding hydrogens is 508 g/mol. The summed E-state index contributed by atoms with van der Waals surface area (Å²) in [6, 6.07) is 25.8. The molecule has 0 spiro atoms. The van der Waals surface area contributed by atoms with E-state index in [-0.39, 0.29) is 0 Å². The minimum Gasteiger partial charge on any atom is -0.480 e. The molecule has 0 heterocycles. The van der Waals surface area contributed by atoms with E-state index in [2.05, 4.69) is 26.5 Å². The van der Waals surface area contributed by atoms with Crippen molar-refractivity contribution >= 4 is 44.8 Å². The second-order valence-electron chi connectivity index (χ2n) is 7.91. The Kier molecular flexibility index (Phi) is 7.57. The van der Waals surface area contributed by atoms with Gasteiger partial charge in [-0.1, -0.05) is 70.0 Å². The SMILES string of the molecule is Cc1ccc(C(=O)Oc2ccc(Br)cc2/C=N\NC(=O)[C@H](C)Oc2cccc3ccccc23)cc1. The van der Waals surface area contributed by atoms with Crippen LogP contribution in [0.4, 0.5) is 0 Å². The first kappa shape index (κ1) is 24.2. The molecule has 0 aliphatic rings. The van der Waals surface area contributed by atoms with Crippen LogP contribution in [0, 0.1) is 6.92 Å². The van der Waals surface area contributed by atoms with Crippen LogP contribution in [-0.4, -0.2) is 24.2 Å². The Balaban J connectivity index is 1.42. The Morgan fingerprint density at radius 3 is 2.49 bits per heavy atom. The number of carbonyl (C=O) groups is 2. The molecule has 0 aliphatic heterocycles. The smallest absolute Gasteiger partial charge is 0.343 e. The number of halogens is 1. The lowest BCUT2D eigenvalue weighted by Crippen LogP contribution is -2.33. The van der Waals surface area contributed by atoms with Crippen LogP contribution in [0.2, 0.25) is 0 Å². The topological polar surface area (TPSA) is 77.0 Å². The van der Waals surface area contributed by atoms with Gasteiger partial charge in [-0.25, -0.2) is 10.2 Å². The lowest BCUT2D eigenvalue weighted by molar-refractivity contribution is -0.127.